The van der Waals surface area contributed by atoms with Crippen LogP contribution >= 0.6 is 0 Å². The highest BCUT2D eigenvalue weighted by atomic mass is 19.2. The van der Waals surface area contributed by atoms with Crippen molar-refractivity contribution in [1.82, 2.24) is 0 Å². The summed E-state index contributed by atoms with van der Waals surface area (Å²) in [5, 5.41) is 11.9. The predicted molar refractivity (Wildman–Crippen MR) is 66.1 cm³/mol. The van der Waals surface area contributed by atoms with E-state index in [0.29, 0.717) is 0 Å². The molecule has 0 saturated carbocycles. The maximum atomic E-state index is 13.4. The molecule has 1 unspecified atom stereocenters. The van der Waals surface area contributed by atoms with Gasteiger partial charge in [-0.1, -0.05) is 12.1 Å². The molecule has 0 amide bonds. The fourth-order valence-corrected chi connectivity index (χ4v) is 1.73. The highest BCUT2D eigenvalue weighted by molar-refractivity contribution is 5.47. The molecule has 0 fully saturated rings. The van der Waals surface area contributed by atoms with Crippen LogP contribution in [0.2, 0.25) is 0 Å². The van der Waals surface area contributed by atoms with Gasteiger partial charge in [-0.3, -0.25) is 0 Å². The Morgan fingerprint density at radius 2 is 1.43 bits per heavy atom. The molecule has 0 saturated heterocycles. The van der Waals surface area contributed by atoms with Crippen LogP contribution in [0.4, 0.5) is 27.6 Å². The number of nitrogens with one attached hydrogen (secondary N) is 1. The molecular weight excluding hydrogens is 293 g/mol. The lowest BCUT2D eigenvalue weighted by Gasteiger charge is -2.14. The van der Waals surface area contributed by atoms with E-state index in [-0.39, 0.29) is 11.6 Å². The van der Waals surface area contributed by atoms with Gasteiger partial charge < -0.3 is 10.4 Å². The van der Waals surface area contributed by atoms with Crippen LogP contribution in [0.25, 0.3) is 0 Å². The smallest absolute Gasteiger partial charge is 0.185 e. The van der Waals surface area contributed by atoms with Gasteiger partial charge in [0.05, 0.1) is 6.10 Å². The number of benzene rings is 2. The molecule has 0 bridgehead atoms. The first kappa shape index (κ1) is 15.2. The molecule has 2 aromatic rings. The fraction of sp³-hybridized carbons (Fsp3) is 0.143. The zero-order chi connectivity index (χ0) is 15.6. The third-order valence-electron chi connectivity index (χ3n) is 2.84. The summed E-state index contributed by atoms with van der Waals surface area (Å²) in [6.07, 6.45) is -1.24. The zero-order valence-electron chi connectivity index (χ0n) is 10.5. The van der Waals surface area contributed by atoms with E-state index >= 15 is 0 Å². The lowest BCUT2D eigenvalue weighted by molar-refractivity contribution is 0.191. The molecule has 7 heteroatoms. The summed E-state index contributed by atoms with van der Waals surface area (Å²) in [6.45, 7) is -0.414. The van der Waals surface area contributed by atoms with Crippen molar-refractivity contribution in [3.05, 3.63) is 65.0 Å². The minimum absolute atomic E-state index is 0.0895. The van der Waals surface area contributed by atoms with Crippen molar-refractivity contribution >= 4 is 5.69 Å². The van der Waals surface area contributed by atoms with Crippen molar-refractivity contribution in [3.63, 3.8) is 0 Å². The van der Waals surface area contributed by atoms with Gasteiger partial charge in [-0.05, 0) is 17.7 Å². The normalized spacial score (nSPS) is 12.3. The number of halogens is 5. The number of rotatable bonds is 4. The Bertz CT molecular complexity index is 619. The Morgan fingerprint density at radius 1 is 0.905 bits per heavy atom. The van der Waals surface area contributed by atoms with Crippen molar-refractivity contribution in [2.45, 2.75) is 6.10 Å². The Balaban J connectivity index is 2.15. The van der Waals surface area contributed by atoms with Gasteiger partial charge in [-0.15, -0.1) is 0 Å². The first-order valence-electron chi connectivity index (χ1n) is 5.90. The molecule has 1 atom stereocenters. The molecule has 0 radical (unpaired) electrons. The summed E-state index contributed by atoms with van der Waals surface area (Å²) in [4.78, 5) is 0. The molecule has 2 nitrogen and oxygen atoms in total. The SMILES string of the molecule is OC(CNc1c(F)c(F)cc(F)c1F)c1ccc(F)cc1. The lowest BCUT2D eigenvalue weighted by Crippen LogP contribution is -2.15. The second-order valence-electron chi connectivity index (χ2n) is 4.29. The van der Waals surface area contributed by atoms with E-state index in [2.05, 4.69) is 5.32 Å². The summed E-state index contributed by atoms with van der Waals surface area (Å²) in [7, 11) is 0. The minimum Gasteiger partial charge on any atom is -0.387 e. The average Bonchev–Trinajstić information content (AvgIpc) is 2.45. The summed E-state index contributed by atoms with van der Waals surface area (Å²) < 4.78 is 65.4. The molecule has 2 aromatic carbocycles. The first-order valence-corrected chi connectivity index (χ1v) is 5.90. The van der Waals surface area contributed by atoms with Crippen molar-refractivity contribution in [2.75, 3.05) is 11.9 Å². The van der Waals surface area contributed by atoms with E-state index in [1.165, 1.54) is 12.1 Å². The van der Waals surface area contributed by atoms with Crippen molar-refractivity contribution in [3.8, 4) is 0 Å². The van der Waals surface area contributed by atoms with E-state index < -0.39 is 47.4 Å². The second kappa shape index (κ2) is 6.09. The Morgan fingerprint density at radius 3 is 1.95 bits per heavy atom. The molecule has 0 aliphatic carbocycles. The summed E-state index contributed by atoms with van der Waals surface area (Å²) in [6, 6.07) is 4.84. The van der Waals surface area contributed by atoms with Crippen molar-refractivity contribution in [2.24, 2.45) is 0 Å². The van der Waals surface area contributed by atoms with Gasteiger partial charge in [-0.25, -0.2) is 22.0 Å². The number of hydrogen-bond acceptors (Lipinski definition) is 2. The van der Waals surface area contributed by atoms with Crippen LogP contribution in [0.15, 0.2) is 30.3 Å². The average molecular weight is 303 g/mol. The van der Waals surface area contributed by atoms with E-state index in [1.807, 2.05) is 0 Å². The highest BCUT2D eigenvalue weighted by Gasteiger charge is 2.19. The quantitative estimate of drug-likeness (QED) is 0.669. The highest BCUT2D eigenvalue weighted by Crippen LogP contribution is 2.25. The fourth-order valence-electron chi connectivity index (χ4n) is 1.73. The summed E-state index contributed by atoms with van der Waals surface area (Å²) in [5.41, 5.74) is -0.727. The van der Waals surface area contributed by atoms with Crippen LogP contribution in [-0.2, 0) is 0 Å². The van der Waals surface area contributed by atoms with Crippen LogP contribution in [0.5, 0.6) is 0 Å². The molecule has 112 valence electrons. The molecule has 0 aromatic heterocycles. The monoisotopic (exact) mass is 303 g/mol. The molecule has 21 heavy (non-hydrogen) atoms. The summed E-state index contributed by atoms with van der Waals surface area (Å²) >= 11 is 0. The van der Waals surface area contributed by atoms with Gasteiger partial charge in [0, 0.05) is 12.6 Å². The van der Waals surface area contributed by atoms with Gasteiger partial charge in [-0.2, -0.15) is 0 Å². The number of aliphatic hydroxyl groups is 1. The van der Waals surface area contributed by atoms with E-state index in [0.717, 1.165) is 12.1 Å². The number of aliphatic hydroxyl groups excluding tert-OH is 1. The summed E-state index contributed by atoms with van der Waals surface area (Å²) in [5.74, 6) is -6.77. The predicted octanol–water partition coefficient (Wildman–Crippen LogP) is 3.53. The zero-order valence-corrected chi connectivity index (χ0v) is 10.5. The van der Waals surface area contributed by atoms with Gasteiger partial charge in [0.15, 0.2) is 23.3 Å². The molecule has 0 heterocycles. The van der Waals surface area contributed by atoms with Crippen LogP contribution < -0.4 is 5.32 Å². The Labute approximate surface area is 116 Å². The topological polar surface area (TPSA) is 32.3 Å². The Hall–Kier alpha value is -2.15. The maximum absolute atomic E-state index is 13.4. The second-order valence-corrected chi connectivity index (χ2v) is 4.29. The van der Waals surface area contributed by atoms with Crippen molar-refractivity contribution in [1.29, 1.82) is 0 Å². The van der Waals surface area contributed by atoms with Gasteiger partial charge in [0.1, 0.15) is 11.5 Å². The van der Waals surface area contributed by atoms with Crippen LogP contribution in [0, 0.1) is 29.1 Å². The third-order valence-corrected chi connectivity index (χ3v) is 2.84. The molecule has 0 aliphatic heterocycles. The van der Waals surface area contributed by atoms with Gasteiger partial charge >= 0.3 is 0 Å². The molecule has 0 aliphatic rings. The van der Waals surface area contributed by atoms with Crippen LogP contribution in [0.3, 0.4) is 0 Å². The van der Waals surface area contributed by atoms with Crippen molar-refractivity contribution < 1.29 is 27.1 Å². The van der Waals surface area contributed by atoms with E-state index in [9.17, 15) is 27.1 Å². The van der Waals surface area contributed by atoms with E-state index in [1.54, 1.807) is 0 Å². The molecule has 2 N–H and O–H groups in total. The molecular formula is C14H10F5NO. The largest absolute Gasteiger partial charge is 0.387 e. The first-order chi connectivity index (χ1) is 9.90. The van der Waals surface area contributed by atoms with Crippen LogP contribution in [-0.4, -0.2) is 11.7 Å². The van der Waals surface area contributed by atoms with Gasteiger partial charge in [0.25, 0.3) is 0 Å². The minimum atomic E-state index is -1.58. The van der Waals surface area contributed by atoms with E-state index in [4.69, 9.17) is 0 Å². The van der Waals surface area contributed by atoms with Gasteiger partial charge in [0.2, 0.25) is 0 Å². The molecule has 0 spiro atoms. The Kier molecular flexibility index (Phi) is 4.42. The standard InChI is InChI=1S/C14H10F5NO/c15-8-3-1-7(2-4-8)11(21)6-20-14-12(18)9(16)5-10(17)13(14)19/h1-5,11,20-21H,6H2. The molecule has 2 rings (SSSR count). The maximum Gasteiger partial charge on any atom is 0.185 e. The number of anilines is 1. The third kappa shape index (κ3) is 3.30. The number of hydrogen-bond donors (Lipinski definition) is 2. The van der Waals surface area contributed by atoms with Crippen LogP contribution in [0.1, 0.15) is 11.7 Å². The lowest BCUT2D eigenvalue weighted by atomic mass is 10.1.